The van der Waals surface area contributed by atoms with Gasteiger partial charge in [0.1, 0.15) is 22.8 Å². The summed E-state index contributed by atoms with van der Waals surface area (Å²) in [4.78, 5) is 15.0. The van der Waals surface area contributed by atoms with Gasteiger partial charge in [-0.1, -0.05) is 0 Å². The maximum atomic E-state index is 13.1. The van der Waals surface area contributed by atoms with E-state index in [1.54, 1.807) is 50.4 Å². The Bertz CT molecular complexity index is 929. The number of methoxy groups -OCH3 is 1. The molecule has 0 amide bonds. The summed E-state index contributed by atoms with van der Waals surface area (Å²) in [5.41, 5.74) is 2.33. The predicted molar refractivity (Wildman–Crippen MR) is 104 cm³/mol. The number of ketones is 1. The molecular formula is C20H22ClNO4. The van der Waals surface area contributed by atoms with Gasteiger partial charge in [-0.25, -0.2) is 0 Å². The van der Waals surface area contributed by atoms with Crippen molar-refractivity contribution in [2.75, 3.05) is 21.2 Å². The van der Waals surface area contributed by atoms with E-state index in [1.165, 1.54) is 0 Å². The Hall–Kier alpha value is -2.50. The van der Waals surface area contributed by atoms with Crippen LogP contribution >= 0.6 is 12.4 Å². The summed E-state index contributed by atoms with van der Waals surface area (Å²) in [5, 5.41) is 11.0. The molecule has 2 aromatic carbocycles. The summed E-state index contributed by atoms with van der Waals surface area (Å²) in [6, 6.07) is 10.3. The highest BCUT2D eigenvalue weighted by Crippen LogP contribution is 2.35. The van der Waals surface area contributed by atoms with Gasteiger partial charge < -0.3 is 19.2 Å². The molecule has 26 heavy (non-hydrogen) atoms. The molecule has 3 rings (SSSR count). The average Bonchev–Trinajstić information content (AvgIpc) is 2.93. The van der Waals surface area contributed by atoms with E-state index >= 15 is 0 Å². The zero-order valence-corrected chi connectivity index (χ0v) is 16.0. The fourth-order valence-corrected chi connectivity index (χ4v) is 3.00. The fourth-order valence-electron chi connectivity index (χ4n) is 3.00. The van der Waals surface area contributed by atoms with Crippen LogP contribution in [0.15, 0.2) is 40.8 Å². The third kappa shape index (κ3) is 3.54. The number of aromatic hydroxyl groups is 1. The molecule has 1 aromatic heterocycles. The number of benzene rings is 2. The van der Waals surface area contributed by atoms with Crippen LogP contribution in [-0.4, -0.2) is 37.0 Å². The molecule has 0 aliphatic carbocycles. The van der Waals surface area contributed by atoms with E-state index in [0.29, 0.717) is 45.7 Å². The summed E-state index contributed by atoms with van der Waals surface area (Å²) in [7, 11) is 5.41. The van der Waals surface area contributed by atoms with Gasteiger partial charge in [0, 0.05) is 23.1 Å². The molecule has 0 fully saturated rings. The summed E-state index contributed by atoms with van der Waals surface area (Å²) in [6.07, 6.45) is 0. The smallest absolute Gasteiger partial charge is 0.197 e. The first-order valence-corrected chi connectivity index (χ1v) is 7.99. The van der Waals surface area contributed by atoms with Crippen molar-refractivity contribution in [2.24, 2.45) is 0 Å². The SMILES string of the molecule is COc1ccc(C(=O)c2c(C)oc3ccc(O)c(CN(C)C)c23)cc1.Cl. The van der Waals surface area contributed by atoms with E-state index in [2.05, 4.69) is 0 Å². The molecular weight excluding hydrogens is 354 g/mol. The number of ether oxygens (including phenoxy) is 1. The number of hydrogen-bond acceptors (Lipinski definition) is 5. The summed E-state index contributed by atoms with van der Waals surface area (Å²) < 4.78 is 10.9. The minimum absolute atomic E-state index is 0. The van der Waals surface area contributed by atoms with Gasteiger partial charge >= 0.3 is 0 Å². The molecule has 1 N–H and O–H groups in total. The first kappa shape index (κ1) is 19.8. The van der Waals surface area contributed by atoms with Crippen molar-refractivity contribution >= 4 is 29.2 Å². The fraction of sp³-hybridized carbons (Fsp3) is 0.250. The highest BCUT2D eigenvalue weighted by Gasteiger charge is 2.23. The maximum Gasteiger partial charge on any atom is 0.197 e. The van der Waals surface area contributed by atoms with Crippen LogP contribution in [-0.2, 0) is 6.54 Å². The number of furan rings is 1. The number of carbonyl (C=O) groups is 1. The first-order chi connectivity index (χ1) is 11.9. The second-order valence-electron chi connectivity index (χ2n) is 6.27. The lowest BCUT2D eigenvalue weighted by Crippen LogP contribution is -2.12. The number of nitrogens with zero attached hydrogens (tertiary/aromatic N) is 1. The minimum Gasteiger partial charge on any atom is -0.508 e. The van der Waals surface area contributed by atoms with Gasteiger partial charge in [0.05, 0.1) is 12.7 Å². The van der Waals surface area contributed by atoms with Crippen LogP contribution in [0.25, 0.3) is 11.0 Å². The monoisotopic (exact) mass is 375 g/mol. The van der Waals surface area contributed by atoms with Gasteiger partial charge in [-0.15, -0.1) is 12.4 Å². The number of phenolic OH excluding ortho intramolecular Hbond substituents is 1. The quantitative estimate of drug-likeness (QED) is 0.678. The highest BCUT2D eigenvalue weighted by atomic mass is 35.5. The minimum atomic E-state index is -0.135. The van der Waals surface area contributed by atoms with Crippen molar-refractivity contribution in [3.63, 3.8) is 0 Å². The number of phenols is 1. The Morgan fingerprint density at radius 1 is 1.15 bits per heavy atom. The second kappa shape index (κ2) is 7.81. The van der Waals surface area contributed by atoms with Crippen molar-refractivity contribution in [3.8, 4) is 11.5 Å². The Morgan fingerprint density at radius 3 is 2.38 bits per heavy atom. The molecule has 0 aliphatic heterocycles. The lowest BCUT2D eigenvalue weighted by atomic mass is 9.97. The molecule has 0 saturated heterocycles. The number of hydrogen-bond donors (Lipinski definition) is 1. The van der Waals surface area contributed by atoms with E-state index in [4.69, 9.17) is 9.15 Å². The Labute approximate surface area is 158 Å². The Balaban J connectivity index is 0.00000243. The van der Waals surface area contributed by atoms with Crippen LogP contribution in [0.4, 0.5) is 0 Å². The van der Waals surface area contributed by atoms with E-state index in [0.717, 1.165) is 0 Å². The van der Waals surface area contributed by atoms with Crippen LogP contribution in [0.1, 0.15) is 27.2 Å². The molecule has 6 heteroatoms. The Kier molecular flexibility index (Phi) is 5.95. The number of aryl methyl sites for hydroxylation is 1. The van der Waals surface area contributed by atoms with Crippen molar-refractivity contribution < 1.29 is 19.1 Å². The van der Waals surface area contributed by atoms with Crippen LogP contribution in [0.3, 0.4) is 0 Å². The molecule has 138 valence electrons. The van der Waals surface area contributed by atoms with Gasteiger partial charge in [0.2, 0.25) is 0 Å². The van der Waals surface area contributed by atoms with Crippen LogP contribution in [0.2, 0.25) is 0 Å². The van der Waals surface area contributed by atoms with E-state index < -0.39 is 0 Å². The summed E-state index contributed by atoms with van der Waals surface area (Å²) >= 11 is 0. The molecule has 0 bridgehead atoms. The lowest BCUT2D eigenvalue weighted by molar-refractivity contribution is 0.103. The zero-order valence-electron chi connectivity index (χ0n) is 15.2. The molecule has 3 aromatic rings. The molecule has 0 atom stereocenters. The molecule has 0 unspecified atom stereocenters. The van der Waals surface area contributed by atoms with Gasteiger partial charge in [-0.3, -0.25) is 4.79 Å². The second-order valence-corrected chi connectivity index (χ2v) is 6.27. The molecule has 0 saturated carbocycles. The third-order valence-electron chi connectivity index (χ3n) is 4.17. The van der Waals surface area contributed by atoms with Crippen molar-refractivity contribution in [3.05, 3.63) is 58.8 Å². The maximum absolute atomic E-state index is 13.1. The molecule has 0 spiro atoms. The summed E-state index contributed by atoms with van der Waals surface area (Å²) in [5.74, 6) is 1.26. The topological polar surface area (TPSA) is 62.9 Å². The van der Waals surface area contributed by atoms with E-state index in [9.17, 15) is 9.90 Å². The normalized spacial score (nSPS) is 10.8. The van der Waals surface area contributed by atoms with Crippen LogP contribution in [0, 0.1) is 6.92 Å². The van der Waals surface area contributed by atoms with Crippen molar-refractivity contribution in [1.82, 2.24) is 4.90 Å². The van der Waals surface area contributed by atoms with Crippen LogP contribution < -0.4 is 4.74 Å². The first-order valence-electron chi connectivity index (χ1n) is 7.99. The lowest BCUT2D eigenvalue weighted by Gasteiger charge is -2.13. The van der Waals surface area contributed by atoms with Gasteiger partial charge in [0.25, 0.3) is 0 Å². The Morgan fingerprint density at radius 2 is 1.81 bits per heavy atom. The number of carbonyl (C=O) groups excluding carboxylic acids is 1. The predicted octanol–water partition coefficient (Wildman–Crippen LogP) is 4.17. The largest absolute Gasteiger partial charge is 0.508 e. The van der Waals surface area contributed by atoms with Crippen molar-refractivity contribution in [1.29, 1.82) is 0 Å². The molecule has 0 aliphatic rings. The number of fused-ring (bicyclic) bond motifs is 1. The summed E-state index contributed by atoms with van der Waals surface area (Å²) in [6.45, 7) is 2.28. The van der Waals surface area contributed by atoms with Gasteiger partial charge in [-0.2, -0.15) is 0 Å². The van der Waals surface area contributed by atoms with Gasteiger partial charge in [-0.05, 0) is 57.4 Å². The number of rotatable bonds is 5. The van der Waals surface area contributed by atoms with Crippen molar-refractivity contribution in [2.45, 2.75) is 13.5 Å². The molecule has 0 radical (unpaired) electrons. The standard InChI is InChI=1S/C20H21NO4.ClH/c1-12-18(20(23)13-5-7-14(24-4)8-6-13)19-15(11-21(2)3)16(22)9-10-17(19)25-12;/h5-10,22H,11H2,1-4H3;1H. The van der Waals surface area contributed by atoms with Gasteiger partial charge in [0.15, 0.2) is 5.78 Å². The number of halogens is 1. The average molecular weight is 376 g/mol. The van der Waals surface area contributed by atoms with Crippen LogP contribution in [0.5, 0.6) is 11.5 Å². The molecule has 5 nitrogen and oxygen atoms in total. The molecule has 1 heterocycles. The van der Waals surface area contributed by atoms with E-state index in [-0.39, 0.29) is 23.9 Å². The highest BCUT2D eigenvalue weighted by molar-refractivity contribution is 6.17. The van der Waals surface area contributed by atoms with E-state index in [1.807, 2.05) is 19.0 Å². The third-order valence-corrected chi connectivity index (χ3v) is 4.17. The zero-order chi connectivity index (χ0) is 18.1.